The van der Waals surface area contributed by atoms with Crippen LogP contribution in [0.25, 0.3) is 0 Å². The highest BCUT2D eigenvalue weighted by Gasteiger charge is 2.58. The number of aromatic hydroxyl groups is 2. The molecule has 0 bridgehead atoms. The molecule has 5 nitrogen and oxygen atoms in total. The molecule has 41 heavy (non-hydrogen) atoms. The molecule has 0 amide bonds. The molecule has 0 aromatic heterocycles. The molecule has 0 spiro atoms. The van der Waals surface area contributed by atoms with Gasteiger partial charge in [0.15, 0.2) is 0 Å². The Balaban J connectivity index is 0.000000135. The van der Waals surface area contributed by atoms with Gasteiger partial charge in [-0.25, -0.2) is 0 Å². The van der Waals surface area contributed by atoms with Gasteiger partial charge in [0.1, 0.15) is 11.5 Å². The normalized spacial score (nSPS) is 43.8. The second-order valence-electron chi connectivity index (χ2n) is 15.0. The lowest BCUT2D eigenvalue weighted by atomic mass is 9.55. The molecule has 222 valence electrons. The zero-order valence-corrected chi connectivity index (χ0v) is 24.7. The van der Waals surface area contributed by atoms with Gasteiger partial charge in [0.2, 0.25) is 0 Å². The summed E-state index contributed by atoms with van der Waals surface area (Å²) in [5.74, 6) is 4.36. The van der Waals surface area contributed by atoms with E-state index < -0.39 is 12.2 Å². The van der Waals surface area contributed by atoms with E-state index in [1.54, 1.807) is 6.07 Å². The van der Waals surface area contributed by atoms with Gasteiger partial charge >= 0.3 is 0 Å². The summed E-state index contributed by atoms with van der Waals surface area (Å²) in [6.45, 7) is 4.49. The highest BCUT2D eigenvalue weighted by molar-refractivity contribution is 5.41. The highest BCUT2D eigenvalue weighted by atomic mass is 16.3. The summed E-state index contributed by atoms with van der Waals surface area (Å²) in [5.41, 5.74) is 5.56. The van der Waals surface area contributed by atoms with Crippen LogP contribution in [-0.4, -0.2) is 43.8 Å². The maximum atomic E-state index is 10.4. The number of phenolic OH excluding ortho intramolecular Hbond substituents is 2. The molecular weight excluding hydrogens is 512 g/mol. The van der Waals surface area contributed by atoms with Crippen LogP contribution in [0.2, 0.25) is 0 Å². The van der Waals surface area contributed by atoms with E-state index in [4.69, 9.17) is 0 Å². The molecule has 2 aromatic rings. The van der Waals surface area contributed by atoms with Crippen molar-refractivity contribution in [2.45, 2.75) is 115 Å². The van der Waals surface area contributed by atoms with Gasteiger partial charge in [-0.05, 0) is 163 Å². The lowest BCUT2D eigenvalue weighted by Crippen LogP contribution is -2.44. The first-order valence-corrected chi connectivity index (χ1v) is 16.3. The number of hydrogen-bond acceptors (Lipinski definition) is 5. The molecule has 2 aromatic carbocycles. The summed E-state index contributed by atoms with van der Waals surface area (Å²) in [5, 5.41) is 50.3. The van der Waals surface area contributed by atoms with Crippen LogP contribution in [0.3, 0.4) is 0 Å². The number of fused-ring (bicyclic) bond motifs is 10. The van der Waals surface area contributed by atoms with Crippen molar-refractivity contribution in [3.63, 3.8) is 0 Å². The van der Waals surface area contributed by atoms with E-state index in [2.05, 4.69) is 26.0 Å². The van der Waals surface area contributed by atoms with Crippen molar-refractivity contribution in [3.05, 3.63) is 58.7 Å². The Bertz CT molecular complexity index is 1310. The van der Waals surface area contributed by atoms with Crippen LogP contribution >= 0.6 is 0 Å². The standard InChI is InChI=1S/C18H24O3.C18H24O2/c1-18-7-6-13-12-5-3-11(19)8-10(12)2-4-14(13)15(18)9-16(20)17(18)21;1-18-9-8-14-13-5-3-12(19)10-11(13)2-4-15(14)16(18)6-7-17(18)20/h3,5,8,13-17,19-21H,2,4,6-7,9H2,1H3;3,5,10,14-17,19-20H,2,4,6-9H2,1H3/t13-,14+,15+,16-,17+,18+;14-,15+,16+,17+,18+/m11/s1. The van der Waals surface area contributed by atoms with Gasteiger partial charge in [0.25, 0.3) is 0 Å². The Morgan fingerprint density at radius 1 is 0.634 bits per heavy atom. The summed E-state index contributed by atoms with van der Waals surface area (Å²) >= 11 is 0. The minimum Gasteiger partial charge on any atom is -0.508 e. The van der Waals surface area contributed by atoms with Crippen LogP contribution in [0.5, 0.6) is 11.5 Å². The van der Waals surface area contributed by atoms with Gasteiger partial charge in [0, 0.05) is 0 Å². The molecule has 4 fully saturated rings. The monoisotopic (exact) mass is 560 g/mol. The maximum Gasteiger partial charge on any atom is 0.115 e. The van der Waals surface area contributed by atoms with E-state index in [9.17, 15) is 25.5 Å². The largest absolute Gasteiger partial charge is 0.508 e. The minimum absolute atomic E-state index is 0.0883. The van der Waals surface area contributed by atoms with Crippen molar-refractivity contribution < 1.29 is 25.5 Å². The van der Waals surface area contributed by atoms with E-state index in [0.717, 1.165) is 57.3 Å². The third-order valence-corrected chi connectivity index (χ3v) is 13.3. The second kappa shape index (κ2) is 9.99. The Hall–Kier alpha value is -2.08. The van der Waals surface area contributed by atoms with Crippen molar-refractivity contribution in [1.82, 2.24) is 0 Å². The molecular formula is C36H48O5. The van der Waals surface area contributed by atoms with Gasteiger partial charge in [0.05, 0.1) is 18.3 Å². The molecule has 5 heteroatoms. The van der Waals surface area contributed by atoms with Gasteiger partial charge in [-0.2, -0.15) is 0 Å². The van der Waals surface area contributed by atoms with Crippen LogP contribution in [0.1, 0.15) is 106 Å². The maximum absolute atomic E-state index is 10.4. The predicted octanol–water partition coefficient (Wildman–Crippen LogP) is 6.19. The minimum atomic E-state index is -0.565. The lowest BCUT2D eigenvalue weighted by molar-refractivity contribution is -0.0505. The summed E-state index contributed by atoms with van der Waals surface area (Å²) in [6, 6.07) is 11.8. The summed E-state index contributed by atoms with van der Waals surface area (Å²) < 4.78 is 0. The molecule has 8 rings (SSSR count). The van der Waals surface area contributed by atoms with E-state index in [1.807, 2.05) is 18.2 Å². The smallest absolute Gasteiger partial charge is 0.115 e. The van der Waals surface area contributed by atoms with E-state index in [-0.39, 0.29) is 16.9 Å². The second-order valence-corrected chi connectivity index (χ2v) is 15.0. The number of benzene rings is 2. The number of aliphatic hydroxyl groups is 3. The first-order valence-electron chi connectivity index (χ1n) is 16.3. The summed E-state index contributed by atoms with van der Waals surface area (Å²) in [6.07, 6.45) is 10.6. The number of phenols is 2. The predicted molar refractivity (Wildman–Crippen MR) is 159 cm³/mol. The Kier molecular flexibility index (Phi) is 6.76. The molecule has 0 unspecified atom stereocenters. The van der Waals surface area contributed by atoms with Crippen molar-refractivity contribution in [1.29, 1.82) is 0 Å². The number of aryl methyl sites for hydroxylation is 2. The topological polar surface area (TPSA) is 101 Å². The Morgan fingerprint density at radius 3 is 1.76 bits per heavy atom. The summed E-state index contributed by atoms with van der Waals surface area (Å²) in [7, 11) is 0. The highest BCUT2D eigenvalue weighted by Crippen LogP contribution is 2.62. The SMILES string of the molecule is C[C@]12CC[C@@H]3c4ccc(O)cc4CC[C@@H]3[C@@H]1CC[C@@H]2O.C[C@]12CC[C@@H]3c4ccc(O)cc4CC[C@@H]3[C@@H]1C[C@@H](O)[C@@H]2O. The summed E-state index contributed by atoms with van der Waals surface area (Å²) in [4.78, 5) is 0. The molecule has 0 heterocycles. The Morgan fingerprint density at radius 2 is 1.17 bits per heavy atom. The van der Waals surface area contributed by atoms with Crippen molar-refractivity contribution >= 4 is 0 Å². The molecule has 6 aliphatic rings. The molecule has 0 aliphatic heterocycles. The van der Waals surface area contributed by atoms with Gasteiger partial charge in [-0.15, -0.1) is 0 Å². The van der Waals surface area contributed by atoms with Crippen LogP contribution in [0.15, 0.2) is 36.4 Å². The average molecular weight is 561 g/mol. The fourth-order valence-corrected chi connectivity index (χ4v) is 11.1. The molecule has 6 aliphatic carbocycles. The fraction of sp³-hybridized carbons (Fsp3) is 0.667. The van der Waals surface area contributed by atoms with Crippen LogP contribution < -0.4 is 0 Å². The first-order chi connectivity index (χ1) is 19.6. The quantitative estimate of drug-likeness (QED) is 0.265. The van der Waals surface area contributed by atoms with Crippen LogP contribution in [0, 0.1) is 34.5 Å². The third-order valence-electron chi connectivity index (χ3n) is 13.3. The van der Waals surface area contributed by atoms with E-state index >= 15 is 0 Å². The zero-order valence-electron chi connectivity index (χ0n) is 24.7. The van der Waals surface area contributed by atoms with E-state index in [1.165, 1.54) is 41.5 Å². The molecule has 0 saturated heterocycles. The van der Waals surface area contributed by atoms with Crippen LogP contribution in [-0.2, 0) is 12.8 Å². The third kappa shape index (κ3) is 4.28. The zero-order chi connectivity index (χ0) is 28.7. The number of aliphatic hydroxyl groups excluding tert-OH is 3. The molecule has 5 N–H and O–H groups in total. The van der Waals surface area contributed by atoms with Crippen molar-refractivity contribution in [2.24, 2.45) is 34.5 Å². The first kappa shape index (κ1) is 27.7. The van der Waals surface area contributed by atoms with Gasteiger partial charge in [-0.3, -0.25) is 0 Å². The number of rotatable bonds is 0. The molecule has 4 saturated carbocycles. The van der Waals surface area contributed by atoms with Crippen LogP contribution in [0.4, 0.5) is 0 Å². The van der Waals surface area contributed by atoms with Gasteiger partial charge in [-0.1, -0.05) is 26.0 Å². The van der Waals surface area contributed by atoms with E-state index in [0.29, 0.717) is 41.1 Å². The van der Waals surface area contributed by atoms with Crippen molar-refractivity contribution in [3.8, 4) is 11.5 Å². The molecule has 11 atom stereocenters. The number of hydrogen-bond donors (Lipinski definition) is 5. The molecule has 0 radical (unpaired) electrons. The van der Waals surface area contributed by atoms with Gasteiger partial charge < -0.3 is 25.5 Å². The van der Waals surface area contributed by atoms with Crippen molar-refractivity contribution in [2.75, 3.05) is 0 Å². The lowest BCUT2D eigenvalue weighted by Gasteiger charge is -2.50. The average Bonchev–Trinajstić information content (AvgIpc) is 3.39. The Labute approximate surface area is 244 Å². The fourth-order valence-electron chi connectivity index (χ4n) is 11.1.